The molecule has 14 heavy (non-hydrogen) atoms. The molecule has 1 aromatic carbocycles. The van der Waals surface area contributed by atoms with Gasteiger partial charge in [-0.15, -0.1) is 12.4 Å². The largest absolute Gasteiger partial charge is 0.307 e. The van der Waals surface area contributed by atoms with Gasteiger partial charge in [0.2, 0.25) is 0 Å². The molecule has 0 amide bonds. The van der Waals surface area contributed by atoms with Crippen molar-refractivity contribution in [2.24, 2.45) is 0 Å². The maximum Gasteiger partial charge on any atom is 0.123 e. The van der Waals surface area contributed by atoms with Gasteiger partial charge < -0.3 is 5.32 Å². The van der Waals surface area contributed by atoms with Crippen LogP contribution in [0.25, 0.3) is 0 Å². The predicted octanol–water partition coefficient (Wildman–Crippen LogP) is 2.62. The van der Waals surface area contributed by atoms with Gasteiger partial charge in [-0.3, -0.25) is 0 Å². The molecule has 0 bridgehead atoms. The highest BCUT2D eigenvalue weighted by molar-refractivity contribution is 5.85. The van der Waals surface area contributed by atoms with Crippen molar-refractivity contribution < 1.29 is 8.78 Å². The van der Waals surface area contributed by atoms with E-state index in [1.807, 2.05) is 6.07 Å². The van der Waals surface area contributed by atoms with Gasteiger partial charge in [0, 0.05) is 12.6 Å². The molecule has 1 aliphatic rings. The van der Waals surface area contributed by atoms with E-state index in [1.54, 1.807) is 6.07 Å². The fraction of sp³-hybridized carbons (Fsp3) is 0.400. The molecule has 1 aromatic rings. The van der Waals surface area contributed by atoms with Gasteiger partial charge >= 0.3 is 0 Å². The number of hydrogen-bond acceptors (Lipinski definition) is 1. The van der Waals surface area contributed by atoms with Crippen molar-refractivity contribution in [3.05, 3.63) is 35.6 Å². The third-order valence-electron chi connectivity index (χ3n) is 2.33. The number of halogens is 3. The Kier molecular flexibility index (Phi) is 3.84. The van der Waals surface area contributed by atoms with Crippen molar-refractivity contribution >= 4 is 12.4 Å². The van der Waals surface area contributed by atoms with E-state index in [-0.39, 0.29) is 24.3 Å². The van der Waals surface area contributed by atoms with Crippen molar-refractivity contribution in [3.63, 3.8) is 0 Å². The van der Waals surface area contributed by atoms with Gasteiger partial charge in [0.25, 0.3) is 0 Å². The molecule has 1 saturated heterocycles. The summed E-state index contributed by atoms with van der Waals surface area (Å²) in [6.07, 6.45) is -0.350. The van der Waals surface area contributed by atoms with Crippen molar-refractivity contribution in [2.45, 2.75) is 18.6 Å². The Balaban J connectivity index is 0.000000980. The Morgan fingerprint density at radius 3 is 2.71 bits per heavy atom. The van der Waals surface area contributed by atoms with Gasteiger partial charge in [-0.05, 0) is 24.1 Å². The van der Waals surface area contributed by atoms with E-state index in [4.69, 9.17) is 0 Å². The second-order valence-electron chi connectivity index (χ2n) is 3.35. The van der Waals surface area contributed by atoms with Crippen LogP contribution in [0.1, 0.15) is 18.0 Å². The Labute approximate surface area is 87.9 Å². The lowest BCUT2D eigenvalue weighted by Crippen LogP contribution is -2.13. The summed E-state index contributed by atoms with van der Waals surface area (Å²) in [4.78, 5) is 0. The van der Waals surface area contributed by atoms with Crippen LogP contribution in [0.15, 0.2) is 24.3 Å². The normalized spacial score (nSPS) is 25.9. The first-order valence-corrected chi connectivity index (χ1v) is 4.38. The lowest BCUT2D eigenvalue weighted by atomic mass is 10.1. The van der Waals surface area contributed by atoms with Crippen molar-refractivity contribution in [1.29, 1.82) is 0 Å². The summed E-state index contributed by atoms with van der Waals surface area (Å²) in [6, 6.07) is 6.29. The third-order valence-corrected chi connectivity index (χ3v) is 2.33. The molecule has 0 spiro atoms. The van der Waals surface area contributed by atoms with Gasteiger partial charge in [-0.1, -0.05) is 12.1 Å². The molecule has 0 radical (unpaired) electrons. The summed E-state index contributed by atoms with van der Waals surface area (Å²) in [5.41, 5.74) is 0.833. The second-order valence-corrected chi connectivity index (χ2v) is 3.35. The van der Waals surface area contributed by atoms with E-state index in [1.165, 1.54) is 12.1 Å². The van der Waals surface area contributed by atoms with Crippen LogP contribution in [-0.4, -0.2) is 12.7 Å². The van der Waals surface area contributed by atoms with Crippen molar-refractivity contribution in [3.8, 4) is 0 Å². The van der Waals surface area contributed by atoms with E-state index in [2.05, 4.69) is 5.32 Å². The quantitative estimate of drug-likeness (QED) is 0.766. The smallest absolute Gasteiger partial charge is 0.123 e. The molecular weight excluding hydrogens is 208 g/mol. The second kappa shape index (κ2) is 4.71. The molecule has 78 valence electrons. The van der Waals surface area contributed by atoms with Gasteiger partial charge in [-0.2, -0.15) is 0 Å². The Bertz CT molecular complexity index is 306. The molecule has 0 aromatic heterocycles. The first kappa shape index (κ1) is 11.4. The van der Waals surface area contributed by atoms with Gasteiger partial charge in [0.1, 0.15) is 12.0 Å². The molecule has 1 aliphatic heterocycles. The number of benzene rings is 1. The summed E-state index contributed by atoms with van der Waals surface area (Å²) in [5.74, 6) is -0.262. The van der Waals surface area contributed by atoms with Gasteiger partial charge in [0.05, 0.1) is 0 Å². The number of alkyl halides is 1. The minimum atomic E-state index is -0.798. The molecule has 4 heteroatoms. The first-order valence-electron chi connectivity index (χ1n) is 4.38. The number of rotatable bonds is 1. The lowest BCUT2D eigenvalue weighted by molar-refractivity contribution is 0.356. The maximum atomic E-state index is 12.8. The number of hydrogen-bond donors (Lipinski definition) is 1. The van der Waals surface area contributed by atoms with Crippen LogP contribution in [0.2, 0.25) is 0 Å². The van der Waals surface area contributed by atoms with Crippen LogP contribution in [0.5, 0.6) is 0 Å². The zero-order chi connectivity index (χ0) is 9.26. The molecule has 2 rings (SSSR count). The molecule has 1 heterocycles. The zero-order valence-corrected chi connectivity index (χ0v) is 8.36. The topological polar surface area (TPSA) is 12.0 Å². The summed E-state index contributed by atoms with van der Waals surface area (Å²) in [6.45, 7) is 0.376. The van der Waals surface area contributed by atoms with Crippen LogP contribution in [-0.2, 0) is 0 Å². The molecule has 1 nitrogen and oxygen atoms in total. The van der Waals surface area contributed by atoms with Crippen LogP contribution in [0.3, 0.4) is 0 Å². The summed E-state index contributed by atoms with van der Waals surface area (Å²) in [5, 5.41) is 3.01. The zero-order valence-electron chi connectivity index (χ0n) is 7.54. The van der Waals surface area contributed by atoms with E-state index >= 15 is 0 Å². The van der Waals surface area contributed by atoms with E-state index < -0.39 is 6.17 Å². The van der Waals surface area contributed by atoms with E-state index in [0.717, 1.165) is 5.56 Å². The van der Waals surface area contributed by atoms with Crippen LogP contribution in [0.4, 0.5) is 8.78 Å². The highest BCUT2D eigenvalue weighted by Crippen LogP contribution is 2.25. The van der Waals surface area contributed by atoms with Crippen LogP contribution in [0, 0.1) is 5.82 Å². The highest BCUT2D eigenvalue weighted by atomic mass is 35.5. The predicted molar refractivity (Wildman–Crippen MR) is 53.9 cm³/mol. The third kappa shape index (κ3) is 2.42. The van der Waals surface area contributed by atoms with Gasteiger partial charge in [0.15, 0.2) is 0 Å². The molecule has 1 N–H and O–H groups in total. The average Bonchev–Trinajstić information content (AvgIpc) is 2.52. The van der Waals surface area contributed by atoms with Crippen LogP contribution < -0.4 is 5.32 Å². The summed E-state index contributed by atoms with van der Waals surface area (Å²) in [7, 11) is 0. The lowest BCUT2D eigenvalue weighted by Gasteiger charge is -2.09. The highest BCUT2D eigenvalue weighted by Gasteiger charge is 2.24. The van der Waals surface area contributed by atoms with Gasteiger partial charge in [-0.25, -0.2) is 8.78 Å². The molecule has 0 saturated carbocycles. The maximum absolute atomic E-state index is 12.8. The molecule has 2 unspecified atom stereocenters. The van der Waals surface area contributed by atoms with Crippen molar-refractivity contribution in [1.82, 2.24) is 5.32 Å². The fourth-order valence-corrected chi connectivity index (χ4v) is 1.67. The molecule has 0 aliphatic carbocycles. The fourth-order valence-electron chi connectivity index (χ4n) is 1.67. The molecular formula is C10H12ClF2N. The monoisotopic (exact) mass is 219 g/mol. The van der Waals surface area contributed by atoms with Crippen LogP contribution >= 0.6 is 12.4 Å². The Morgan fingerprint density at radius 2 is 2.14 bits per heavy atom. The Morgan fingerprint density at radius 1 is 1.36 bits per heavy atom. The average molecular weight is 220 g/mol. The SMILES string of the molecule is Cl.Fc1cccc(C2CC(F)CN2)c1. The minimum Gasteiger partial charge on any atom is -0.307 e. The Hall–Kier alpha value is -0.670. The molecule has 2 atom stereocenters. The summed E-state index contributed by atoms with van der Waals surface area (Å²) < 4.78 is 25.6. The summed E-state index contributed by atoms with van der Waals surface area (Å²) >= 11 is 0. The van der Waals surface area contributed by atoms with E-state index in [0.29, 0.717) is 13.0 Å². The van der Waals surface area contributed by atoms with E-state index in [9.17, 15) is 8.78 Å². The number of nitrogens with one attached hydrogen (secondary N) is 1. The molecule has 1 fully saturated rings. The standard InChI is InChI=1S/C10H11F2N.ClH/c11-8-3-1-2-7(4-8)10-5-9(12)6-13-10;/h1-4,9-10,13H,5-6H2;1H. The van der Waals surface area contributed by atoms with Crippen molar-refractivity contribution in [2.75, 3.05) is 6.54 Å². The first-order chi connectivity index (χ1) is 6.25. The minimum absolute atomic E-state index is 0.